The molecule has 0 spiro atoms. The van der Waals surface area contributed by atoms with Gasteiger partial charge in [-0.1, -0.05) is 0 Å². The molecule has 1 aromatic carbocycles. The molecular weight excluding hydrogens is 334 g/mol. The Hall–Kier alpha value is -0.660. The zero-order valence-electron chi connectivity index (χ0n) is 8.35. The molecule has 0 saturated heterocycles. The molecule has 0 amide bonds. The van der Waals surface area contributed by atoms with Gasteiger partial charge in [-0.05, 0) is 47.2 Å². The molecule has 0 aliphatic rings. The number of ether oxygens (including phenoxy) is 1. The van der Waals surface area contributed by atoms with E-state index >= 15 is 0 Å². The van der Waals surface area contributed by atoms with E-state index in [1.54, 1.807) is 18.2 Å². The lowest BCUT2D eigenvalue weighted by Crippen LogP contribution is -2.10. The molecule has 0 unspecified atom stereocenters. The first-order chi connectivity index (χ1) is 7.38. The first-order valence-corrected chi connectivity index (χ1v) is 5.71. The first-order valence-electron chi connectivity index (χ1n) is 4.63. The van der Waals surface area contributed by atoms with Crippen LogP contribution < -0.4 is 10.5 Å². The summed E-state index contributed by atoms with van der Waals surface area (Å²) in [6, 6.07) is 5.15. The van der Waals surface area contributed by atoms with Crippen LogP contribution in [-0.4, -0.2) is 12.8 Å². The minimum Gasteiger partial charge on any atom is -0.491 e. The van der Waals surface area contributed by atoms with Gasteiger partial charge in [-0.2, -0.15) is 13.2 Å². The highest BCUT2D eigenvalue weighted by Gasteiger charge is 2.26. The van der Waals surface area contributed by atoms with Crippen molar-refractivity contribution < 1.29 is 17.9 Å². The molecule has 0 aliphatic heterocycles. The fourth-order valence-electron chi connectivity index (χ4n) is 1.11. The zero-order valence-corrected chi connectivity index (χ0v) is 10.5. The normalized spacial score (nSPS) is 11.5. The Morgan fingerprint density at radius 1 is 1.31 bits per heavy atom. The van der Waals surface area contributed by atoms with E-state index in [9.17, 15) is 13.2 Å². The van der Waals surface area contributed by atoms with Crippen LogP contribution in [0.2, 0.25) is 0 Å². The van der Waals surface area contributed by atoms with Gasteiger partial charge in [0.25, 0.3) is 0 Å². The van der Waals surface area contributed by atoms with Gasteiger partial charge in [-0.25, -0.2) is 0 Å². The lowest BCUT2D eigenvalue weighted by atomic mass is 10.3. The maximum absolute atomic E-state index is 11.8. The number of hydrogen-bond donors (Lipinski definition) is 1. The van der Waals surface area contributed by atoms with Crippen LogP contribution in [0.4, 0.5) is 18.9 Å². The van der Waals surface area contributed by atoms with Gasteiger partial charge in [0.2, 0.25) is 0 Å². The molecule has 1 aromatic rings. The zero-order chi connectivity index (χ0) is 12.2. The highest BCUT2D eigenvalue weighted by molar-refractivity contribution is 14.1. The fourth-order valence-corrected chi connectivity index (χ4v) is 1.62. The van der Waals surface area contributed by atoms with Crippen molar-refractivity contribution in [3.05, 3.63) is 21.8 Å². The number of nitrogen functional groups attached to an aromatic ring is 1. The number of benzene rings is 1. The highest BCUT2D eigenvalue weighted by atomic mass is 127. The van der Waals surface area contributed by atoms with Crippen LogP contribution in [0.25, 0.3) is 0 Å². The summed E-state index contributed by atoms with van der Waals surface area (Å²) in [5.41, 5.74) is 6.08. The average Bonchev–Trinajstić information content (AvgIpc) is 2.13. The standard InChI is InChI=1S/C10H11F3INO/c11-10(12,13)4-1-5-16-9-3-2-7(14)6-8(9)15/h2-3,6H,1,4-5,15H2. The van der Waals surface area contributed by atoms with Crippen LogP contribution in [0.3, 0.4) is 0 Å². The van der Waals surface area contributed by atoms with Crippen LogP contribution >= 0.6 is 22.6 Å². The quantitative estimate of drug-likeness (QED) is 0.514. The minimum atomic E-state index is -4.12. The summed E-state index contributed by atoms with van der Waals surface area (Å²) in [6.45, 7) is 0.0182. The lowest BCUT2D eigenvalue weighted by Gasteiger charge is -2.10. The predicted molar refractivity (Wildman–Crippen MR) is 64.4 cm³/mol. The second-order valence-electron chi connectivity index (χ2n) is 3.25. The van der Waals surface area contributed by atoms with Crippen molar-refractivity contribution in [2.45, 2.75) is 19.0 Å². The average molecular weight is 345 g/mol. The molecule has 16 heavy (non-hydrogen) atoms. The van der Waals surface area contributed by atoms with Gasteiger partial charge in [-0.3, -0.25) is 0 Å². The number of hydrogen-bond acceptors (Lipinski definition) is 2. The van der Waals surface area contributed by atoms with E-state index in [1.165, 1.54) is 0 Å². The Morgan fingerprint density at radius 3 is 2.56 bits per heavy atom. The molecule has 6 heteroatoms. The summed E-state index contributed by atoms with van der Waals surface area (Å²) in [5.74, 6) is 0.433. The third-order valence-corrected chi connectivity index (χ3v) is 2.50. The molecule has 2 nitrogen and oxygen atoms in total. The monoisotopic (exact) mass is 345 g/mol. The molecule has 0 saturated carbocycles. The van der Waals surface area contributed by atoms with Gasteiger partial charge in [-0.15, -0.1) is 0 Å². The molecular formula is C10H11F3INO. The van der Waals surface area contributed by atoms with Crippen molar-refractivity contribution >= 4 is 28.3 Å². The molecule has 0 aromatic heterocycles. The molecule has 0 heterocycles. The first kappa shape index (κ1) is 13.4. The van der Waals surface area contributed by atoms with Gasteiger partial charge in [0.15, 0.2) is 0 Å². The summed E-state index contributed by atoms with van der Waals surface area (Å²) < 4.78 is 41.6. The maximum atomic E-state index is 11.8. The molecule has 90 valence electrons. The van der Waals surface area contributed by atoms with E-state index in [4.69, 9.17) is 10.5 Å². The third kappa shape index (κ3) is 4.91. The van der Waals surface area contributed by atoms with E-state index in [2.05, 4.69) is 22.6 Å². The predicted octanol–water partition coefficient (Wildman–Crippen LogP) is 3.59. The van der Waals surface area contributed by atoms with Gasteiger partial charge >= 0.3 is 6.18 Å². The summed E-state index contributed by atoms with van der Waals surface area (Å²) in [7, 11) is 0. The number of rotatable bonds is 4. The van der Waals surface area contributed by atoms with Crippen molar-refractivity contribution in [1.29, 1.82) is 0 Å². The van der Waals surface area contributed by atoms with Crippen LogP contribution in [0, 0.1) is 3.57 Å². The maximum Gasteiger partial charge on any atom is 0.389 e. The van der Waals surface area contributed by atoms with Gasteiger partial charge < -0.3 is 10.5 Å². The number of alkyl halides is 3. The minimum absolute atomic E-state index is 0.0182. The van der Waals surface area contributed by atoms with Crippen molar-refractivity contribution in [2.75, 3.05) is 12.3 Å². The number of nitrogens with two attached hydrogens (primary N) is 1. The Kier molecular flexibility index (Phi) is 4.69. The molecule has 2 N–H and O–H groups in total. The largest absolute Gasteiger partial charge is 0.491 e. The number of halogens is 4. The SMILES string of the molecule is Nc1cc(I)ccc1OCCCC(F)(F)F. The van der Waals surface area contributed by atoms with E-state index in [-0.39, 0.29) is 13.0 Å². The van der Waals surface area contributed by atoms with Crippen LogP contribution in [0.15, 0.2) is 18.2 Å². The molecule has 0 aliphatic carbocycles. The van der Waals surface area contributed by atoms with Crippen molar-refractivity contribution in [2.24, 2.45) is 0 Å². The fraction of sp³-hybridized carbons (Fsp3) is 0.400. The Bertz CT molecular complexity index is 354. The van der Waals surface area contributed by atoms with Crippen LogP contribution in [0.1, 0.15) is 12.8 Å². The molecule has 1 rings (SSSR count). The van der Waals surface area contributed by atoms with Gasteiger partial charge in [0.1, 0.15) is 5.75 Å². The van der Waals surface area contributed by atoms with Gasteiger partial charge in [0, 0.05) is 9.99 Å². The van der Waals surface area contributed by atoms with Gasteiger partial charge in [0.05, 0.1) is 12.3 Å². The van der Waals surface area contributed by atoms with Crippen LogP contribution in [-0.2, 0) is 0 Å². The lowest BCUT2D eigenvalue weighted by molar-refractivity contribution is -0.136. The molecule has 0 fully saturated rings. The number of anilines is 1. The smallest absolute Gasteiger partial charge is 0.389 e. The second-order valence-corrected chi connectivity index (χ2v) is 4.49. The van der Waals surface area contributed by atoms with E-state index in [1.807, 2.05) is 0 Å². The molecule has 0 bridgehead atoms. The molecule has 0 atom stereocenters. The summed E-state index contributed by atoms with van der Waals surface area (Å²) >= 11 is 2.09. The van der Waals surface area contributed by atoms with Crippen molar-refractivity contribution in [3.63, 3.8) is 0 Å². The molecule has 0 radical (unpaired) electrons. The van der Waals surface area contributed by atoms with E-state index < -0.39 is 12.6 Å². The van der Waals surface area contributed by atoms with Crippen LogP contribution in [0.5, 0.6) is 5.75 Å². The van der Waals surface area contributed by atoms with Crippen molar-refractivity contribution in [3.8, 4) is 5.75 Å². The Morgan fingerprint density at radius 2 is 2.00 bits per heavy atom. The Labute approximate surface area is 105 Å². The topological polar surface area (TPSA) is 35.2 Å². The highest BCUT2D eigenvalue weighted by Crippen LogP contribution is 2.25. The van der Waals surface area contributed by atoms with Crippen molar-refractivity contribution in [1.82, 2.24) is 0 Å². The summed E-state index contributed by atoms with van der Waals surface area (Å²) in [6.07, 6.45) is -5.02. The van der Waals surface area contributed by atoms with E-state index in [0.29, 0.717) is 11.4 Å². The third-order valence-electron chi connectivity index (χ3n) is 1.83. The Balaban J connectivity index is 2.38. The summed E-state index contributed by atoms with van der Waals surface area (Å²) in [4.78, 5) is 0. The summed E-state index contributed by atoms with van der Waals surface area (Å²) in [5, 5.41) is 0. The second kappa shape index (κ2) is 5.60. The van der Waals surface area contributed by atoms with E-state index in [0.717, 1.165) is 3.57 Å².